The van der Waals surface area contributed by atoms with Gasteiger partial charge < -0.3 is 14.8 Å². The lowest BCUT2D eigenvalue weighted by molar-refractivity contribution is -0.138. The van der Waals surface area contributed by atoms with Crippen LogP contribution in [0, 0.1) is 5.41 Å². The topological polar surface area (TPSA) is 64.6 Å². The number of hydrogen-bond donors (Lipinski definition) is 1. The minimum absolute atomic E-state index is 0.0824. The van der Waals surface area contributed by atoms with Crippen molar-refractivity contribution in [1.82, 2.24) is 5.32 Å². The molecule has 0 aromatic heterocycles. The Hall–Kier alpha value is -3.34. The van der Waals surface area contributed by atoms with Gasteiger partial charge in [0.15, 0.2) is 5.78 Å². The average molecular weight is 486 g/mol. The molecule has 1 atom stereocenters. The molecule has 1 saturated carbocycles. The number of nitrogens with one attached hydrogen (secondary N) is 1. The predicted octanol–water partition coefficient (Wildman–Crippen LogP) is 6.31. The Labute approximate surface area is 213 Å². The molecular weight excluding hydrogens is 450 g/mol. The van der Waals surface area contributed by atoms with E-state index in [2.05, 4.69) is 19.2 Å². The van der Waals surface area contributed by atoms with E-state index < -0.39 is 11.9 Å². The fourth-order valence-electron chi connectivity index (χ4n) is 5.82. The lowest BCUT2D eigenvalue weighted by Crippen LogP contribution is -2.38. The molecule has 2 aromatic rings. The van der Waals surface area contributed by atoms with E-state index in [-0.39, 0.29) is 23.9 Å². The van der Waals surface area contributed by atoms with Crippen LogP contribution in [-0.4, -0.2) is 24.5 Å². The fourth-order valence-corrected chi connectivity index (χ4v) is 5.82. The summed E-state index contributed by atoms with van der Waals surface area (Å²) in [5.41, 5.74) is 4.42. The van der Waals surface area contributed by atoms with Crippen LogP contribution in [-0.2, 0) is 14.3 Å². The maximum atomic E-state index is 13.6. The standard InChI is InChI=1S/C31H35NO4/c1-4-35-30(34)28-26(20-14-16-23(17-15-20)36-22-12-8-9-13-22)27-24(18-31(2,3)19-25(27)33)32-29(28)21-10-6-5-7-11-21/h5-7,10-11,14-17,22,26,32H,4,8-9,12-13,18-19H2,1-3H3. The second kappa shape index (κ2) is 9.96. The molecule has 5 rings (SSSR count). The maximum Gasteiger partial charge on any atom is 0.337 e. The van der Waals surface area contributed by atoms with Crippen LogP contribution in [0.4, 0.5) is 0 Å². The largest absolute Gasteiger partial charge is 0.490 e. The number of esters is 1. The molecule has 0 saturated heterocycles. The number of allylic oxidation sites excluding steroid dienone is 2. The van der Waals surface area contributed by atoms with Gasteiger partial charge in [0.2, 0.25) is 0 Å². The van der Waals surface area contributed by atoms with E-state index in [9.17, 15) is 9.59 Å². The quantitative estimate of drug-likeness (QED) is 0.486. The first-order valence-electron chi connectivity index (χ1n) is 13.1. The van der Waals surface area contributed by atoms with Crippen molar-refractivity contribution < 1.29 is 19.1 Å². The van der Waals surface area contributed by atoms with Gasteiger partial charge in [0.1, 0.15) is 5.75 Å². The minimum atomic E-state index is -0.500. The molecule has 1 fully saturated rings. The number of Topliss-reactive ketones (excluding diaryl/α,β-unsaturated/α-hetero) is 1. The van der Waals surface area contributed by atoms with Crippen molar-refractivity contribution in [2.45, 2.75) is 71.3 Å². The van der Waals surface area contributed by atoms with Crippen LogP contribution in [0.1, 0.15) is 76.3 Å². The lowest BCUT2D eigenvalue weighted by atomic mass is 9.68. The van der Waals surface area contributed by atoms with Gasteiger partial charge in [0.25, 0.3) is 0 Å². The summed E-state index contributed by atoms with van der Waals surface area (Å²) in [5, 5.41) is 3.52. The van der Waals surface area contributed by atoms with E-state index in [4.69, 9.17) is 9.47 Å². The van der Waals surface area contributed by atoms with Gasteiger partial charge in [0.05, 0.1) is 24.0 Å². The molecule has 1 aliphatic heterocycles. The number of ether oxygens (including phenoxy) is 2. The van der Waals surface area contributed by atoms with E-state index >= 15 is 0 Å². The lowest BCUT2D eigenvalue weighted by Gasteiger charge is -2.40. The number of benzene rings is 2. The second-order valence-electron chi connectivity index (χ2n) is 10.9. The normalized spacial score (nSPS) is 21.8. The highest BCUT2D eigenvalue weighted by atomic mass is 16.5. The summed E-state index contributed by atoms with van der Waals surface area (Å²) >= 11 is 0. The van der Waals surface area contributed by atoms with Gasteiger partial charge in [-0.15, -0.1) is 0 Å². The third kappa shape index (κ3) is 4.84. The molecule has 3 aliphatic rings. The first-order valence-corrected chi connectivity index (χ1v) is 13.1. The zero-order valence-electron chi connectivity index (χ0n) is 21.4. The maximum absolute atomic E-state index is 13.6. The predicted molar refractivity (Wildman–Crippen MR) is 140 cm³/mol. The highest BCUT2D eigenvalue weighted by molar-refractivity contribution is 6.08. The first kappa shape index (κ1) is 24.4. The van der Waals surface area contributed by atoms with Crippen LogP contribution in [0.3, 0.4) is 0 Å². The summed E-state index contributed by atoms with van der Waals surface area (Å²) in [6.07, 6.45) is 6.06. The smallest absolute Gasteiger partial charge is 0.337 e. The van der Waals surface area contributed by atoms with Crippen molar-refractivity contribution in [1.29, 1.82) is 0 Å². The Morgan fingerprint density at radius 1 is 1.00 bits per heavy atom. The van der Waals surface area contributed by atoms with Gasteiger partial charge in [-0.05, 0) is 67.7 Å². The monoisotopic (exact) mass is 485 g/mol. The number of carbonyl (C=O) groups is 2. The Balaban J connectivity index is 1.63. The fraction of sp³-hybridized carbons (Fsp3) is 0.419. The van der Waals surface area contributed by atoms with Crippen LogP contribution < -0.4 is 10.1 Å². The number of carbonyl (C=O) groups excluding carboxylic acids is 2. The zero-order chi connectivity index (χ0) is 25.3. The Kier molecular flexibility index (Phi) is 6.74. The third-order valence-corrected chi connectivity index (χ3v) is 7.42. The minimum Gasteiger partial charge on any atom is -0.490 e. The number of ketones is 1. The van der Waals surface area contributed by atoms with Crippen molar-refractivity contribution in [2.75, 3.05) is 6.61 Å². The van der Waals surface area contributed by atoms with E-state index in [0.29, 0.717) is 17.6 Å². The molecule has 0 radical (unpaired) electrons. The van der Waals surface area contributed by atoms with Crippen molar-refractivity contribution in [3.8, 4) is 5.75 Å². The van der Waals surface area contributed by atoms with Crippen molar-refractivity contribution >= 4 is 17.4 Å². The molecule has 5 nitrogen and oxygen atoms in total. The van der Waals surface area contributed by atoms with E-state index in [1.54, 1.807) is 6.92 Å². The molecule has 1 N–H and O–H groups in total. The summed E-state index contributed by atoms with van der Waals surface area (Å²) in [6.45, 7) is 6.30. The van der Waals surface area contributed by atoms with E-state index in [0.717, 1.165) is 47.5 Å². The molecule has 0 spiro atoms. The SMILES string of the molecule is CCOC(=O)C1=C(c2ccccc2)NC2=C(C(=O)CC(C)(C)C2)C1c1ccc(OC2CCCC2)cc1. The zero-order valence-corrected chi connectivity index (χ0v) is 21.4. The molecule has 5 heteroatoms. The van der Waals surface area contributed by atoms with Crippen LogP contribution in [0.25, 0.3) is 5.70 Å². The van der Waals surface area contributed by atoms with E-state index in [1.807, 2.05) is 54.6 Å². The van der Waals surface area contributed by atoms with Crippen LogP contribution in [0.15, 0.2) is 71.4 Å². The molecule has 0 amide bonds. The molecule has 188 valence electrons. The number of hydrogen-bond acceptors (Lipinski definition) is 5. The highest BCUT2D eigenvalue weighted by Crippen LogP contribution is 2.48. The van der Waals surface area contributed by atoms with Crippen molar-refractivity contribution in [3.05, 3.63) is 82.6 Å². The summed E-state index contributed by atoms with van der Waals surface area (Å²) in [6, 6.07) is 17.8. The Morgan fingerprint density at radius 3 is 2.36 bits per heavy atom. The van der Waals surface area contributed by atoms with Gasteiger partial charge in [-0.1, -0.05) is 56.3 Å². The average Bonchev–Trinajstić information content (AvgIpc) is 3.36. The molecule has 2 aromatic carbocycles. The summed E-state index contributed by atoms with van der Waals surface area (Å²) in [4.78, 5) is 27.1. The summed E-state index contributed by atoms with van der Waals surface area (Å²) < 4.78 is 11.7. The Bertz CT molecular complexity index is 1200. The summed E-state index contributed by atoms with van der Waals surface area (Å²) in [7, 11) is 0. The van der Waals surface area contributed by atoms with Crippen molar-refractivity contribution in [2.24, 2.45) is 5.41 Å². The molecule has 2 aliphatic carbocycles. The van der Waals surface area contributed by atoms with Gasteiger partial charge in [0, 0.05) is 23.6 Å². The molecule has 36 heavy (non-hydrogen) atoms. The number of dihydropyridines is 1. The van der Waals surface area contributed by atoms with Gasteiger partial charge >= 0.3 is 5.97 Å². The first-order chi connectivity index (χ1) is 17.4. The van der Waals surface area contributed by atoms with E-state index in [1.165, 1.54) is 12.8 Å². The van der Waals surface area contributed by atoms with Crippen LogP contribution in [0.5, 0.6) is 5.75 Å². The summed E-state index contributed by atoms with van der Waals surface area (Å²) in [5.74, 6) is 0.0118. The second-order valence-corrected chi connectivity index (χ2v) is 10.9. The van der Waals surface area contributed by atoms with Gasteiger partial charge in [-0.2, -0.15) is 0 Å². The van der Waals surface area contributed by atoms with Crippen LogP contribution in [0.2, 0.25) is 0 Å². The van der Waals surface area contributed by atoms with Gasteiger partial charge in [-0.3, -0.25) is 4.79 Å². The van der Waals surface area contributed by atoms with Crippen molar-refractivity contribution in [3.63, 3.8) is 0 Å². The molecular formula is C31H35NO4. The van der Waals surface area contributed by atoms with Crippen LogP contribution >= 0.6 is 0 Å². The third-order valence-electron chi connectivity index (χ3n) is 7.42. The highest BCUT2D eigenvalue weighted by Gasteiger charge is 2.44. The molecule has 1 unspecified atom stereocenters. The number of rotatable bonds is 6. The van der Waals surface area contributed by atoms with Gasteiger partial charge in [-0.25, -0.2) is 4.79 Å². The molecule has 0 bridgehead atoms. The Morgan fingerprint density at radius 2 is 1.69 bits per heavy atom. The molecule has 1 heterocycles.